The average molecular weight is 298 g/mol. The summed E-state index contributed by atoms with van der Waals surface area (Å²) in [4.78, 5) is 0. The van der Waals surface area contributed by atoms with Crippen molar-refractivity contribution in [2.24, 2.45) is 0 Å². The molecule has 0 bridgehead atoms. The predicted molar refractivity (Wildman–Crippen MR) is 72.2 cm³/mol. The van der Waals surface area contributed by atoms with Crippen LogP contribution < -0.4 is 0 Å². The van der Waals surface area contributed by atoms with Crippen LogP contribution in [0, 0.1) is 12.3 Å². The van der Waals surface area contributed by atoms with Gasteiger partial charge in [0.1, 0.15) is 31.0 Å². The van der Waals surface area contributed by atoms with E-state index in [1.807, 2.05) is 27.7 Å². The van der Waals surface area contributed by atoms with Crippen molar-refractivity contribution in [1.82, 2.24) is 0 Å². The summed E-state index contributed by atoms with van der Waals surface area (Å²) in [5.74, 6) is 1.05. The van der Waals surface area contributed by atoms with Crippen molar-refractivity contribution in [3.8, 4) is 12.3 Å². The molecule has 0 amide bonds. The highest BCUT2D eigenvalue weighted by Crippen LogP contribution is 2.44. The van der Waals surface area contributed by atoms with Crippen molar-refractivity contribution >= 4 is 0 Å². The number of hydrogen-bond donors (Lipinski definition) is 0. The van der Waals surface area contributed by atoms with Gasteiger partial charge in [-0.2, -0.15) is 0 Å². The number of rotatable bonds is 3. The van der Waals surface area contributed by atoms with Gasteiger partial charge in [0.15, 0.2) is 17.9 Å². The molecule has 5 unspecified atom stereocenters. The van der Waals surface area contributed by atoms with Crippen LogP contribution in [0.25, 0.3) is 0 Å². The van der Waals surface area contributed by atoms with Gasteiger partial charge in [0.25, 0.3) is 0 Å². The van der Waals surface area contributed by atoms with Gasteiger partial charge in [0, 0.05) is 0 Å². The maximum atomic E-state index is 5.99. The van der Waals surface area contributed by atoms with Gasteiger partial charge < -0.3 is 28.4 Å². The number of ether oxygens (including phenoxy) is 6. The highest BCUT2D eigenvalue weighted by molar-refractivity contribution is 5.00. The summed E-state index contributed by atoms with van der Waals surface area (Å²) in [7, 11) is 0. The van der Waals surface area contributed by atoms with E-state index in [2.05, 4.69) is 5.92 Å². The van der Waals surface area contributed by atoms with Crippen molar-refractivity contribution in [3.63, 3.8) is 0 Å². The zero-order chi connectivity index (χ0) is 15.3. The summed E-state index contributed by atoms with van der Waals surface area (Å²) in [6, 6.07) is 0. The monoisotopic (exact) mass is 298 g/mol. The summed E-state index contributed by atoms with van der Waals surface area (Å²) in [6.07, 6.45) is 3.58. The minimum absolute atomic E-state index is 0.235. The second-order valence-corrected chi connectivity index (χ2v) is 6.43. The van der Waals surface area contributed by atoms with Gasteiger partial charge in [-0.05, 0) is 27.7 Å². The molecule has 0 saturated carbocycles. The van der Waals surface area contributed by atoms with Crippen LogP contribution in [0.5, 0.6) is 0 Å². The van der Waals surface area contributed by atoms with Crippen molar-refractivity contribution in [2.75, 3.05) is 13.2 Å². The van der Waals surface area contributed by atoms with Crippen LogP contribution in [-0.2, 0) is 28.4 Å². The standard InChI is InChI=1S/C15H22O6/c1-6-7-16-8-9-10-11(19-14(2,3)18-10)12-13(17-9)21-15(4,5)20-12/h1,9-13H,7-8H2,2-5H3. The van der Waals surface area contributed by atoms with E-state index >= 15 is 0 Å². The summed E-state index contributed by atoms with van der Waals surface area (Å²) >= 11 is 0. The van der Waals surface area contributed by atoms with Crippen LogP contribution >= 0.6 is 0 Å². The molecular formula is C15H22O6. The highest BCUT2D eigenvalue weighted by atomic mass is 16.9. The van der Waals surface area contributed by atoms with Crippen molar-refractivity contribution < 1.29 is 28.4 Å². The first-order chi connectivity index (χ1) is 9.81. The Morgan fingerprint density at radius 1 is 0.952 bits per heavy atom. The molecule has 3 saturated heterocycles. The lowest BCUT2D eigenvalue weighted by Gasteiger charge is -2.37. The molecule has 0 aliphatic carbocycles. The first-order valence-corrected chi connectivity index (χ1v) is 7.19. The Morgan fingerprint density at radius 2 is 1.57 bits per heavy atom. The van der Waals surface area contributed by atoms with Crippen molar-refractivity contribution in [2.45, 2.75) is 70.0 Å². The molecular weight excluding hydrogens is 276 g/mol. The third kappa shape index (κ3) is 2.95. The molecule has 6 heteroatoms. The molecule has 0 aromatic heterocycles. The van der Waals surface area contributed by atoms with Crippen LogP contribution in [0.2, 0.25) is 0 Å². The second kappa shape index (κ2) is 5.20. The number of terminal acetylenes is 1. The van der Waals surface area contributed by atoms with E-state index < -0.39 is 17.9 Å². The molecule has 21 heavy (non-hydrogen) atoms. The Labute approximate surface area is 125 Å². The van der Waals surface area contributed by atoms with Crippen LogP contribution in [0.15, 0.2) is 0 Å². The van der Waals surface area contributed by atoms with Crippen molar-refractivity contribution in [3.05, 3.63) is 0 Å². The maximum Gasteiger partial charge on any atom is 0.190 e. The lowest BCUT2D eigenvalue weighted by Crippen LogP contribution is -2.56. The molecule has 3 heterocycles. The third-order valence-electron chi connectivity index (χ3n) is 3.72. The lowest BCUT2D eigenvalue weighted by atomic mass is 9.99. The fourth-order valence-corrected chi connectivity index (χ4v) is 3.06. The third-order valence-corrected chi connectivity index (χ3v) is 3.72. The second-order valence-electron chi connectivity index (χ2n) is 6.43. The molecule has 6 nitrogen and oxygen atoms in total. The summed E-state index contributed by atoms with van der Waals surface area (Å²) < 4.78 is 35.0. The first-order valence-electron chi connectivity index (χ1n) is 7.19. The van der Waals surface area contributed by atoms with E-state index in [-0.39, 0.29) is 31.0 Å². The maximum absolute atomic E-state index is 5.99. The van der Waals surface area contributed by atoms with Gasteiger partial charge >= 0.3 is 0 Å². The fraction of sp³-hybridized carbons (Fsp3) is 0.867. The van der Waals surface area contributed by atoms with Crippen LogP contribution in [-0.4, -0.2) is 55.5 Å². The molecule has 5 atom stereocenters. The Bertz CT molecular complexity index is 440. The Balaban J connectivity index is 1.77. The highest BCUT2D eigenvalue weighted by Gasteiger charge is 2.60. The topological polar surface area (TPSA) is 55.4 Å². The fourth-order valence-electron chi connectivity index (χ4n) is 3.06. The molecule has 3 fully saturated rings. The molecule has 3 aliphatic rings. The molecule has 3 rings (SSSR count). The molecule has 0 spiro atoms. The van der Waals surface area contributed by atoms with Crippen LogP contribution in [0.4, 0.5) is 0 Å². The van der Waals surface area contributed by atoms with E-state index in [0.29, 0.717) is 6.61 Å². The number of fused-ring (bicyclic) bond motifs is 3. The summed E-state index contributed by atoms with van der Waals surface area (Å²) in [5, 5.41) is 0. The minimum Gasteiger partial charge on any atom is -0.366 e. The number of hydrogen-bond acceptors (Lipinski definition) is 6. The van der Waals surface area contributed by atoms with E-state index in [1.165, 1.54) is 0 Å². The van der Waals surface area contributed by atoms with Gasteiger partial charge in [-0.25, -0.2) is 0 Å². The molecule has 0 N–H and O–H groups in total. The van der Waals surface area contributed by atoms with Gasteiger partial charge in [-0.1, -0.05) is 5.92 Å². The van der Waals surface area contributed by atoms with Gasteiger partial charge in [-0.3, -0.25) is 0 Å². The zero-order valence-corrected chi connectivity index (χ0v) is 12.8. The normalized spacial score (nSPS) is 43.1. The van der Waals surface area contributed by atoms with E-state index in [0.717, 1.165) is 0 Å². The smallest absolute Gasteiger partial charge is 0.190 e. The van der Waals surface area contributed by atoms with E-state index in [9.17, 15) is 0 Å². The largest absolute Gasteiger partial charge is 0.366 e. The molecule has 0 aromatic carbocycles. The SMILES string of the molecule is C#CCOCC1OC2OC(C)(C)OC2C2OC(C)(C)OC12. The quantitative estimate of drug-likeness (QED) is 0.573. The predicted octanol–water partition coefficient (Wildman–Crippen LogP) is 1.03. The van der Waals surface area contributed by atoms with Gasteiger partial charge in [0.2, 0.25) is 0 Å². The summed E-state index contributed by atoms with van der Waals surface area (Å²) in [5.41, 5.74) is 0. The Hall–Kier alpha value is -0.680. The molecule has 3 aliphatic heterocycles. The van der Waals surface area contributed by atoms with Crippen LogP contribution in [0.3, 0.4) is 0 Å². The first kappa shape index (κ1) is 15.2. The lowest BCUT2D eigenvalue weighted by molar-refractivity contribution is -0.242. The van der Waals surface area contributed by atoms with E-state index in [4.69, 9.17) is 34.8 Å². The van der Waals surface area contributed by atoms with Crippen molar-refractivity contribution in [1.29, 1.82) is 0 Å². The van der Waals surface area contributed by atoms with E-state index in [1.54, 1.807) is 0 Å². The van der Waals surface area contributed by atoms with Gasteiger partial charge in [-0.15, -0.1) is 6.42 Å². The average Bonchev–Trinajstić information content (AvgIpc) is 2.84. The minimum atomic E-state index is -0.704. The van der Waals surface area contributed by atoms with Crippen LogP contribution in [0.1, 0.15) is 27.7 Å². The Morgan fingerprint density at radius 3 is 2.29 bits per heavy atom. The summed E-state index contributed by atoms with van der Waals surface area (Å²) in [6.45, 7) is 8.03. The van der Waals surface area contributed by atoms with Gasteiger partial charge in [0.05, 0.1) is 6.61 Å². The molecule has 0 radical (unpaired) electrons. The molecule has 118 valence electrons. The Kier molecular flexibility index (Phi) is 3.77. The molecule has 0 aromatic rings. The zero-order valence-electron chi connectivity index (χ0n) is 12.8.